The summed E-state index contributed by atoms with van der Waals surface area (Å²) in [6, 6.07) is 10.6. The van der Waals surface area contributed by atoms with Gasteiger partial charge in [0.1, 0.15) is 0 Å². The first-order chi connectivity index (χ1) is 5.43. The number of allylic oxidation sites excluding steroid dienone is 1. The van der Waals surface area contributed by atoms with Gasteiger partial charge in [0, 0.05) is 0 Å². The Bertz CT molecular complexity index is 214. The van der Waals surface area contributed by atoms with Gasteiger partial charge in [-0.25, -0.2) is 0 Å². The fourth-order valence-corrected chi connectivity index (χ4v) is 1.33. The maximum absolute atomic E-state index is 2.20. The standard InChI is InChI=1S/C10H11Ge/c11-9-5-4-8-10-6-2-1-3-7-10/h1-3,5-7,9H,4,8H2/b9-5+. The van der Waals surface area contributed by atoms with E-state index in [0.29, 0.717) is 0 Å². The van der Waals surface area contributed by atoms with Crippen LogP contribution in [0.15, 0.2) is 41.3 Å². The topological polar surface area (TPSA) is 0 Å². The maximum atomic E-state index is 2.20. The van der Waals surface area contributed by atoms with Crippen LogP contribution in [-0.2, 0) is 6.42 Å². The fraction of sp³-hybridized carbons (Fsp3) is 0.200. The van der Waals surface area contributed by atoms with Gasteiger partial charge in [-0.2, -0.15) is 0 Å². The van der Waals surface area contributed by atoms with E-state index in [4.69, 9.17) is 0 Å². The number of benzene rings is 1. The minimum atomic E-state index is 1.15. The molecule has 11 heavy (non-hydrogen) atoms. The quantitative estimate of drug-likeness (QED) is 0.662. The fourth-order valence-electron chi connectivity index (χ4n) is 0.978. The van der Waals surface area contributed by atoms with E-state index in [9.17, 15) is 0 Å². The molecular weight excluding hydrogens is 193 g/mol. The zero-order chi connectivity index (χ0) is 7.94. The molecule has 1 aromatic rings. The van der Waals surface area contributed by atoms with Crippen molar-refractivity contribution in [2.24, 2.45) is 0 Å². The summed E-state index contributed by atoms with van der Waals surface area (Å²) in [6.45, 7) is 0. The van der Waals surface area contributed by atoms with Crippen molar-refractivity contribution in [1.29, 1.82) is 0 Å². The summed E-state index contributed by atoms with van der Waals surface area (Å²) in [5.74, 6) is 0. The molecule has 0 aromatic heterocycles. The van der Waals surface area contributed by atoms with Gasteiger partial charge in [0.2, 0.25) is 0 Å². The first kappa shape index (κ1) is 8.60. The normalized spacial score (nSPS) is 10.6. The Balaban J connectivity index is 2.39. The average molecular weight is 204 g/mol. The molecule has 0 bridgehead atoms. The number of hydrogen-bond acceptors (Lipinski definition) is 0. The Morgan fingerprint density at radius 2 is 1.91 bits per heavy atom. The van der Waals surface area contributed by atoms with E-state index in [1.54, 1.807) is 0 Å². The molecule has 0 saturated carbocycles. The first-order valence-electron chi connectivity index (χ1n) is 3.79. The van der Waals surface area contributed by atoms with Gasteiger partial charge in [0.25, 0.3) is 0 Å². The van der Waals surface area contributed by atoms with Gasteiger partial charge in [-0.15, -0.1) is 0 Å². The minimum absolute atomic E-state index is 1.15. The number of aryl methyl sites for hydroxylation is 1. The van der Waals surface area contributed by atoms with Crippen LogP contribution >= 0.6 is 0 Å². The van der Waals surface area contributed by atoms with Gasteiger partial charge in [-0.3, -0.25) is 0 Å². The van der Waals surface area contributed by atoms with Crippen molar-refractivity contribution in [2.75, 3.05) is 0 Å². The Morgan fingerprint density at radius 1 is 1.18 bits per heavy atom. The summed E-state index contributed by atoms with van der Waals surface area (Å²) in [5, 5.41) is 0. The van der Waals surface area contributed by atoms with Crippen molar-refractivity contribution in [3.05, 3.63) is 46.9 Å². The summed E-state index contributed by atoms with van der Waals surface area (Å²) in [4.78, 5) is 2.10. The molecule has 0 atom stereocenters. The van der Waals surface area contributed by atoms with Gasteiger partial charge in [0.15, 0.2) is 0 Å². The molecule has 0 N–H and O–H groups in total. The van der Waals surface area contributed by atoms with Crippen LogP contribution in [0.1, 0.15) is 12.0 Å². The molecule has 1 rings (SSSR count). The van der Waals surface area contributed by atoms with Crippen LogP contribution in [0, 0.1) is 0 Å². The van der Waals surface area contributed by atoms with Crippen LogP contribution in [0.3, 0.4) is 0 Å². The van der Waals surface area contributed by atoms with Crippen molar-refractivity contribution >= 4 is 16.5 Å². The molecule has 0 unspecified atom stereocenters. The first-order valence-corrected chi connectivity index (χ1v) is 5.01. The van der Waals surface area contributed by atoms with E-state index >= 15 is 0 Å². The van der Waals surface area contributed by atoms with Crippen molar-refractivity contribution in [2.45, 2.75) is 12.8 Å². The zero-order valence-electron chi connectivity index (χ0n) is 6.46. The van der Waals surface area contributed by atoms with Crippen molar-refractivity contribution < 1.29 is 0 Å². The molecule has 0 aliphatic rings. The number of hydrogen-bond donors (Lipinski definition) is 0. The molecule has 0 spiro atoms. The number of rotatable bonds is 3. The molecule has 0 aliphatic heterocycles. The second-order valence-electron chi connectivity index (χ2n) is 2.43. The Hall–Kier alpha value is -0.497. The Labute approximate surface area is 76.5 Å². The zero-order valence-corrected chi connectivity index (χ0v) is 8.55. The van der Waals surface area contributed by atoms with Crippen LogP contribution < -0.4 is 0 Å². The van der Waals surface area contributed by atoms with Gasteiger partial charge in [-0.05, 0) is 0 Å². The summed E-state index contributed by atoms with van der Waals surface area (Å²) in [6.07, 6.45) is 4.51. The van der Waals surface area contributed by atoms with Crippen molar-refractivity contribution in [3.8, 4) is 0 Å². The third kappa shape index (κ3) is 3.42. The Kier molecular flexibility index (Phi) is 4.06. The molecule has 55 valence electrons. The van der Waals surface area contributed by atoms with Crippen LogP contribution in [-0.4, -0.2) is 16.5 Å². The van der Waals surface area contributed by atoms with Gasteiger partial charge in [-0.1, -0.05) is 0 Å². The Morgan fingerprint density at radius 3 is 2.55 bits per heavy atom. The van der Waals surface area contributed by atoms with Gasteiger partial charge >= 0.3 is 76.2 Å². The van der Waals surface area contributed by atoms with Gasteiger partial charge < -0.3 is 0 Å². The van der Waals surface area contributed by atoms with E-state index in [1.807, 2.05) is 0 Å². The second-order valence-corrected chi connectivity index (χ2v) is 3.13. The molecular formula is C10H11Ge. The average Bonchev–Trinajstić information content (AvgIpc) is 2.07. The molecule has 0 nitrogen and oxygen atoms in total. The van der Waals surface area contributed by atoms with E-state index in [1.165, 1.54) is 5.56 Å². The molecule has 0 fully saturated rings. The predicted molar refractivity (Wildman–Crippen MR) is 49.7 cm³/mol. The SMILES string of the molecule is [Ge]/[CH]=C/CCc1ccccc1. The molecule has 0 amide bonds. The third-order valence-electron chi connectivity index (χ3n) is 1.56. The van der Waals surface area contributed by atoms with E-state index in [0.717, 1.165) is 12.8 Å². The van der Waals surface area contributed by atoms with E-state index in [2.05, 4.69) is 57.8 Å². The second kappa shape index (κ2) is 5.19. The van der Waals surface area contributed by atoms with Gasteiger partial charge in [0.05, 0.1) is 0 Å². The third-order valence-corrected chi connectivity index (χ3v) is 2.05. The van der Waals surface area contributed by atoms with E-state index < -0.39 is 0 Å². The summed E-state index contributed by atoms with van der Waals surface area (Å²) in [7, 11) is 0. The molecule has 0 saturated heterocycles. The predicted octanol–water partition coefficient (Wildman–Crippen LogP) is 2.30. The van der Waals surface area contributed by atoms with E-state index in [-0.39, 0.29) is 0 Å². The molecule has 3 radical (unpaired) electrons. The van der Waals surface area contributed by atoms with Crippen LogP contribution in [0.5, 0.6) is 0 Å². The summed E-state index contributed by atoms with van der Waals surface area (Å²) < 4.78 is 0. The molecule has 1 aromatic carbocycles. The van der Waals surface area contributed by atoms with Crippen molar-refractivity contribution in [1.82, 2.24) is 0 Å². The summed E-state index contributed by atoms with van der Waals surface area (Å²) >= 11 is 2.06. The van der Waals surface area contributed by atoms with Crippen LogP contribution in [0.2, 0.25) is 0 Å². The molecule has 0 aliphatic carbocycles. The molecule has 1 heteroatoms. The monoisotopic (exact) mass is 205 g/mol. The van der Waals surface area contributed by atoms with Crippen LogP contribution in [0.25, 0.3) is 0 Å². The van der Waals surface area contributed by atoms with Crippen molar-refractivity contribution in [3.63, 3.8) is 0 Å². The summed E-state index contributed by atoms with van der Waals surface area (Å²) in [5.41, 5.74) is 1.42. The van der Waals surface area contributed by atoms with Crippen LogP contribution in [0.4, 0.5) is 0 Å². The molecule has 0 heterocycles.